The fourth-order valence-corrected chi connectivity index (χ4v) is 5.39. The maximum absolute atomic E-state index is 12.2. The van der Waals surface area contributed by atoms with Gasteiger partial charge in [-0.05, 0) is 31.7 Å². The number of H-pyrrole nitrogens is 1. The summed E-state index contributed by atoms with van der Waals surface area (Å²) in [5.74, 6) is 0.631. The molecule has 1 N–H and O–H groups in total. The lowest BCUT2D eigenvalue weighted by Gasteiger charge is -2.32. The first-order chi connectivity index (χ1) is 17.1. The zero-order chi connectivity index (χ0) is 23.9. The smallest absolute Gasteiger partial charge is 0.222 e. The van der Waals surface area contributed by atoms with Crippen LogP contribution in [0.5, 0.6) is 0 Å². The molecule has 1 saturated heterocycles. The van der Waals surface area contributed by atoms with Gasteiger partial charge in [0.15, 0.2) is 11.3 Å². The van der Waals surface area contributed by atoms with Crippen molar-refractivity contribution in [2.75, 3.05) is 13.1 Å². The molecule has 35 heavy (non-hydrogen) atoms. The van der Waals surface area contributed by atoms with Crippen molar-refractivity contribution >= 4 is 34.5 Å². The Kier molecular flexibility index (Phi) is 5.43. The summed E-state index contributed by atoms with van der Waals surface area (Å²) in [6, 6.07) is 10.3. The number of aromatic amines is 1. The normalized spacial score (nSPS) is 19.0. The molecular weight excluding hydrogens is 438 g/mol. The second kappa shape index (κ2) is 8.76. The molecule has 5 heterocycles. The highest BCUT2D eigenvalue weighted by atomic mass is 16.2. The number of carbonyl (C=O) groups is 1. The number of piperidine rings is 1. The summed E-state index contributed by atoms with van der Waals surface area (Å²) in [6.07, 6.45) is 9.37. The number of rotatable bonds is 4. The van der Waals surface area contributed by atoms with Gasteiger partial charge in [-0.3, -0.25) is 14.9 Å². The number of aliphatic imine (C=N–C) groups is 1. The van der Waals surface area contributed by atoms with Crippen molar-refractivity contribution in [3.8, 4) is 0 Å². The predicted octanol–water partition coefficient (Wildman–Crippen LogP) is 4.63. The minimum atomic E-state index is 0.116. The maximum atomic E-state index is 12.2. The lowest BCUT2D eigenvalue weighted by molar-refractivity contribution is -0.131. The highest BCUT2D eigenvalue weighted by molar-refractivity contribution is 5.86. The molecule has 1 fully saturated rings. The van der Waals surface area contributed by atoms with Crippen molar-refractivity contribution in [1.82, 2.24) is 29.7 Å². The van der Waals surface area contributed by atoms with Crippen LogP contribution in [0.2, 0.25) is 0 Å². The molecule has 0 bridgehead atoms. The third-order valence-corrected chi connectivity index (χ3v) is 7.36. The van der Waals surface area contributed by atoms with E-state index < -0.39 is 0 Å². The van der Waals surface area contributed by atoms with E-state index in [1.807, 2.05) is 53.9 Å². The molecule has 8 nitrogen and oxygen atoms in total. The average Bonchev–Trinajstić information content (AvgIpc) is 3.52. The van der Waals surface area contributed by atoms with Gasteiger partial charge in [0.05, 0.1) is 28.7 Å². The number of fused-ring (bicyclic) bond motifs is 3. The Morgan fingerprint density at radius 1 is 1.17 bits per heavy atom. The topological polar surface area (TPSA) is 91.5 Å². The molecule has 178 valence electrons. The number of carbonyl (C=O) groups excluding carboxylic acids is 1. The number of amides is 1. The van der Waals surface area contributed by atoms with E-state index in [9.17, 15) is 4.79 Å². The van der Waals surface area contributed by atoms with Crippen LogP contribution in [0.3, 0.4) is 0 Å². The van der Waals surface area contributed by atoms with Gasteiger partial charge in [0.25, 0.3) is 0 Å². The van der Waals surface area contributed by atoms with E-state index in [1.54, 1.807) is 0 Å². The second-order valence-electron chi connectivity index (χ2n) is 9.45. The van der Waals surface area contributed by atoms with Crippen LogP contribution in [0.1, 0.15) is 67.0 Å². The number of allylic oxidation sites excluding steroid dienone is 1. The van der Waals surface area contributed by atoms with Crippen molar-refractivity contribution in [3.63, 3.8) is 0 Å². The number of aryl methyl sites for hydroxylation is 1. The van der Waals surface area contributed by atoms with Crippen molar-refractivity contribution < 1.29 is 4.79 Å². The van der Waals surface area contributed by atoms with E-state index in [0.29, 0.717) is 6.42 Å². The van der Waals surface area contributed by atoms with E-state index in [2.05, 4.69) is 28.4 Å². The Labute approximate surface area is 203 Å². The molecule has 0 spiro atoms. The minimum Gasteiger partial charge on any atom is -0.343 e. The molecule has 1 unspecified atom stereocenters. The Balaban J connectivity index is 1.35. The van der Waals surface area contributed by atoms with Crippen LogP contribution >= 0.6 is 0 Å². The predicted molar refractivity (Wildman–Crippen MR) is 136 cm³/mol. The molecule has 6 rings (SSSR count). The summed E-state index contributed by atoms with van der Waals surface area (Å²) in [5, 5.41) is 13.4. The van der Waals surface area contributed by atoms with E-state index in [4.69, 9.17) is 15.1 Å². The van der Waals surface area contributed by atoms with Crippen molar-refractivity contribution in [3.05, 3.63) is 65.1 Å². The molecule has 2 aliphatic rings. The Bertz CT molecular complexity index is 1460. The van der Waals surface area contributed by atoms with Gasteiger partial charge in [-0.2, -0.15) is 14.7 Å². The maximum Gasteiger partial charge on any atom is 0.222 e. The summed E-state index contributed by atoms with van der Waals surface area (Å²) >= 11 is 0. The van der Waals surface area contributed by atoms with E-state index in [1.165, 1.54) is 0 Å². The summed E-state index contributed by atoms with van der Waals surface area (Å²) in [4.78, 5) is 24.1. The molecule has 1 aromatic carbocycles. The Hall–Kier alpha value is -3.81. The first-order valence-corrected chi connectivity index (χ1v) is 12.4. The molecule has 3 aromatic heterocycles. The van der Waals surface area contributed by atoms with Gasteiger partial charge in [0, 0.05) is 43.1 Å². The van der Waals surface area contributed by atoms with Crippen LogP contribution in [0.4, 0.5) is 0 Å². The molecule has 4 aromatic rings. The number of nitrogens with one attached hydrogen (secondary N) is 1. The number of hydrogen-bond acceptors (Lipinski definition) is 5. The monoisotopic (exact) mass is 467 g/mol. The zero-order valence-electron chi connectivity index (χ0n) is 20.1. The number of nitrogens with zero attached hydrogens (tertiary/aromatic N) is 6. The van der Waals surface area contributed by atoms with Gasteiger partial charge in [0.2, 0.25) is 5.91 Å². The Morgan fingerprint density at radius 3 is 2.69 bits per heavy atom. The van der Waals surface area contributed by atoms with Crippen LogP contribution in [0, 0.1) is 6.92 Å². The third kappa shape index (κ3) is 3.73. The number of likely N-dealkylation sites (tertiary alicyclic amines) is 1. The lowest BCUT2D eigenvalue weighted by atomic mass is 9.90. The highest BCUT2D eigenvalue weighted by Crippen LogP contribution is 2.36. The fraction of sp³-hybridized carbons (Fsp3) is 0.370. The summed E-state index contributed by atoms with van der Waals surface area (Å²) in [7, 11) is 0. The quantitative estimate of drug-likeness (QED) is 0.474. The summed E-state index contributed by atoms with van der Waals surface area (Å²) < 4.78 is 1.88. The van der Waals surface area contributed by atoms with Crippen molar-refractivity contribution in [2.24, 2.45) is 4.99 Å². The number of hydrogen-bond donors (Lipinski definition) is 1. The molecule has 8 heteroatoms. The third-order valence-electron chi connectivity index (χ3n) is 7.36. The largest absolute Gasteiger partial charge is 0.343 e. The van der Waals surface area contributed by atoms with Gasteiger partial charge in [0.1, 0.15) is 0 Å². The van der Waals surface area contributed by atoms with Crippen LogP contribution < -0.4 is 0 Å². The molecule has 1 amide bonds. The SMILES string of the molecule is CCC(=O)N1CCC(c2nc3c(C4C=NC(c5ccccc5)=CC4)cnn3c3[nH]nc(C)c23)CC1. The molecule has 2 aliphatic heterocycles. The van der Waals surface area contributed by atoms with E-state index in [-0.39, 0.29) is 17.7 Å². The molecule has 0 radical (unpaired) electrons. The first kappa shape index (κ1) is 21.7. The van der Waals surface area contributed by atoms with Crippen LogP contribution in [0.15, 0.2) is 47.6 Å². The first-order valence-electron chi connectivity index (χ1n) is 12.4. The number of benzene rings is 1. The van der Waals surface area contributed by atoms with Gasteiger partial charge in [-0.1, -0.05) is 43.3 Å². The van der Waals surface area contributed by atoms with Crippen LogP contribution in [-0.4, -0.2) is 54.9 Å². The van der Waals surface area contributed by atoms with Crippen LogP contribution in [-0.2, 0) is 4.79 Å². The lowest BCUT2D eigenvalue weighted by Crippen LogP contribution is -2.37. The summed E-state index contributed by atoms with van der Waals surface area (Å²) in [6.45, 7) is 5.49. The zero-order valence-corrected chi connectivity index (χ0v) is 20.1. The minimum absolute atomic E-state index is 0.116. The average molecular weight is 468 g/mol. The number of aromatic nitrogens is 5. The van der Waals surface area contributed by atoms with Gasteiger partial charge < -0.3 is 4.90 Å². The van der Waals surface area contributed by atoms with Gasteiger partial charge in [-0.15, -0.1) is 0 Å². The highest BCUT2D eigenvalue weighted by Gasteiger charge is 2.29. The van der Waals surface area contributed by atoms with Gasteiger partial charge in [-0.25, -0.2) is 4.98 Å². The fourth-order valence-electron chi connectivity index (χ4n) is 5.39. The van der Waals surface area contributed by atoms with Crippen molar-refractivity contribution in [1.29, 1.82) is 0 Å². The Morgan fingerprint density at radius 2 is 1.97 bits per heavy atom. The summed E-state index contributed by atoms with van der Waals surface area (Å²) in [5.41, 5.74) is 6.95. The van der Waals surface area contributed by atoms with E-state index >= 15 is 0 Å². The van der Waals surface area contributed by atoms with Crippen LogP contribution in [0.25, 0.3) is 22.4 Å². The molecule has 0 saturated carbocycles. The van der Waals surface area contributed by atoms with Gasteiger partial charge >= 0.3 is 0 Å². The second-order valence-corrected chi connectivity index (χ2v) is 9.45. The standard InChI is InChI=1S/C27H29N7O/c1-3-23(35)33-13-11-19(12-14-33)25-24-17(2)31-32-27(24)34-26(30-25)21(16-29-34)20-9-10-22(28-15-20)18-7-5-4-6-8-18/h4-8,10,15-16,19-20H,3,9,11-14H2,1-2H3,(H,31,32). The molecule has 0 aliphatic carbocycles. The molecular formula is C27H29N7O. The van der Waals surface area contributed by atoms with E-state index in [0.717, 1.165) is 77.2 Å². The molecule has 1 atom stereocenters. The van der Waals surface area contributed by atoms with Crippen molar-refractivity contribution in [2.45, 2.75) is 51.4 Å².